The second-order valence-electron chi connectivity index (χ2n) is 4.64. The van der Waals surface area contributed by atoms with Gasteiger partial charge in [0.25, 0.3) is 0 Å². The van der Waals surface area contributed by atoms with Gasteiger partial charge in [-0.25, -0.2) is 0 Å². The molecule has 1 heterocycles. The van der Waals surface area contributed by atoms with Crippen LogP contribution in [0.1, 0.15) is 39.5 Å². The number of likely N-dealkylation sites (tertiary alicyclic amines) is 1. The van der Waals surface area contributed by atoms with Gasteiger partial charge < -0.3 is 16.0 Å². The number of nitrogens with one attached hydrogen (secondary N) is 1. The Morgan fingerprint density at radius 3 is 2.72 bits per heavy atom. The molecule has 1 aliphatic heterocycles. The molecule has 0 aliphatic carbocycles. The van der Waals surface area contributed by atoms with E-state index < -0.39 is 0 Å². The van der Waals surface area contributed by atoms with Crippen molar-refractivity contribution >= 4 is 24.2 Å². The minimum absolute atomic E-state index is 0. The first-order valence-corrected chi connectivity index (χ1v) is 6.40. The van der Waals surface area contributed by atoms with Crippen molar-refractivity contribution in [2.45, 2.75) is 51.6 Å². The van der Waals surface area contributed by atoms with Crippen molar-refractivity contribution in [1.29, 1.82) is 0 Å². The summed E-state index contributed by atoms with van der Waals surface area (Å²) in [6.45, 7) is 4.96. The molecule has 0 bridgehead atoms. The fraction of sp³-hybridized carbons (Fsp3) is 0.833. The predicted octanol–water partition coefficient (Wildman–Crippen LogP) is 0.663. The number of nitrogens with zero attached hydrogens (tertiary/aromatic N) is 1. The van der Waals surface area contributed by atoms with Gasteiger partial charge >= 0.3 is 0 Å². The molecule has 0 aromatic heterocycles. The van der Waals surface area contributed by atoms with Crippen LogP contribution in [0.25, 0.3) is 0 Å². The van der Waals surface area contributed by atoms with Crippen LogP contribution in [0, 0.1) is 0 Å². The highest BCUT2D eigenvalue weighted by Gasteiger charge is 2.33. The molecule has 0 saturated carbocycles. The van der Waals surface area contributed by atoms with Crippen LogP contribution >= 0.6 is 12.4 Å². The normalized spacial score (nSPS) is 20.2. The van der Waals surface area contributed by atoms with Crippen molar-refractivity contribution in [3.05, 3.63) is 0 Å². The molecule has 0 spiro atoms. The molecule has 6 heteroatoms. The van der Waals surface area contributed by atoms with Crippen LogP contribution in [0.4, 0.5) is 0 Å². The second-order valence-corrected chi connectivity index (χ2v) is 4.64. The zero-order valence-electron chi connectivity index (χ0n) is 11.1. The Morgan fingerprint density at radius 2 is 2.17 bits per heavy atom. The van der Waals surface area contributed by atoms with Crippen molar-refractivity contribution in [2.24, 2.45) is 5.73 Å². The second kappa shape index (κ2) is 8.32. The average molecular weight is 278 g/mol. The highest BCUT2D eigenvalue weighted by molar-refractivity contribution is 5.88. The number of carbonyl (C=O) groups excluding carboxylic acids is 2. The summed E-state index contributed by atoms with van der Waals surface area (Å²) in [7, 11) is 0. The molecule has 2 atom stereocenters. The molecule has 1 aliphatic rings. The van der Waals surface area contributed by atoms with Crippen LogP contribution in [-0.4, -0.2) is 41.9 Å². The van der Waals surface area contributed by atoms with Crippen LogP contribution in [0.5, 0.6) is 0 Å². The maximum absolute atomic E-state index is 12.0. The molecule has 1 fully saturated rings. The lowest BCUT2D eigenvalue weighted by atomic mass is 10.2. The molecule has 2 amide bonds. The van der Waals surface area contributed by atoms with Gasteiger partial charge in [-0.05, 0) is 26.2 Å². The summed E-state index contributed by atoms with van der Waals surface area (Å²) in [5.41, 5.74) is 5.47. The van der Waals surface area contributed by atoms with Gasteiger partial charge in [-0.3, -0.25) is 9.59 Å². The van der Waals surface area contributed by atoms with Crippen LogP contribution in [0.15, 0.2) is 0 Å². The number of rotatable bonds is 5. The quantitative estimate of drug-likeness (QED) is 0.775. The van der Waals surface area contributed by atoms with Gasteiger partial charge in [0.05, 0.1) is 0 Å². The molecular formula is C12H24ClN3O2. The van der Waals surface area contributed by atoms with E-state index in [1.807, 2.05) is 13.8 Å². The summed E-state index contributed by atoms with van der Waals surface area (Å²) in [5, 5.41) is 2.84. The molecular weight excluding hydrogens is 254 g/mol. The number of hydrogen-bond donors (Lipinski definition) is 2. The van der Waals surface area contributed by atoms with E-state index in [1.54, 1.807) is 4.90 Å². The molecule has 0 aromatic rings. The third kappa shape index (κ3) is 4.46. The lowest BCUT2D eigenvalue weighted by Gasteiger charge is -2.25. The predicted molar refractivity (Wildman–Crippen MR) is 73.6 cm³/mol. The number of nitrogens with two attached hydrogens (primary N) is 1. The minimum atomic E-state index is -0.289. The van der Waals surface area contributed by atoms with E-state index in [9.17, 15) is 9.59 Å². The van der Waals surface area contributed by atoms with Crippen molar-refractivity contribution in [2.75, 3.05) is 13.1 Å². The summed E-state index contributed by atoms with van der Waals surface area (Å²) in [4.78, 5) is 25.5. The van der Waals surface area contributed by atoms with Crippen LogP contribution in [-0.2, 0) is 9.59 Å². The minimum Gasteiger partial charge on any atom is -0.351 e. The van der Waals surface area contributed by atoms with Gasteiger partial charge in [-0.15, -0.1) is 12.4 Å². The summed E-state index contributed by atoms with van der Waals surface area (Å²) >= 11 is 0. The largest absolute Gasteiger partial charge is 0.351 e. The lowest BCUT2D eigenvalue weighted by Crippen LogP contribution is -2.49. The van der Waals surface area contributed by atoms with Crippen LogP contribution in [0.3, 0.4) is 0 Å². The fourth-order valence-electron chi connectivity index (χ4n) is 2.09. The van der Waals surface area contributed by atoms with Crippen LogP contribution in [0.2, 0.25) is 0 Å². The van der Waals surface area contributed by atoms with E-state index in [2.05, 4.69) is 5.32 Å². The Morgan fingerprint density at radius 1 is 1.50 bits per heavy atom. The summed E-state index contributed by atoms with van der Waals surface area (Å²) in [6.07, 6.45) is 3.02. The molecule has 1 rings (SSSR count). The molecule has 3 N–H and O–H groups in total. The zero-order chi connectivity index (χ0) is 12.8. The number of amides is 2. The van der Waals surface area contributed by atoms with Gasteiger partial charge in [-0.1, -0.05) is 6.92 Å². The fourth-order valence-corrected chi connectivity index (χ4v) is 2.09. The standard InChI is InChI=1S/C12H23N3O2.ClH/c1-3-5-11(16)15-7-4-6-10(15)12(17)14-9(2)8-13;/h9-10H,3-8,13H2,1-2H3,(H,14,17);1H/t9-,10?;/m0./s1. The number of halogens is 1. The monoisotopic (exact) mass is 277 g/mol. The van der Waals surface area contributed by atoms with Gasteiger partial charge in [0, 0.05) is 25.6 Å². The van der Waals surface area contributed by atoms with Crippen LogP contribution < -0.4 is 11.1 Å². The Bertz CT molecular complexity index is 286. The van der Waals surface area contributed by atoms with Crippen molar-refractivity contribution < 1.29 is 9.59 Å². The molecule has 5 nitrogen and oxygen atoms in total. The zero-order valence-corrected chi connectivity index (χ0v) is 12.0. The van der Waals surface area contributed by atoms with E-state index in [0.717, 1.165) is 19.3 Å². The Kier molecular flexibility index (Phi) is 7.95. The van der Waals surface area contributed by atoms with Crippen molar-refractivity contribution in [3.8, 4) is 0 Å². The van der Waals surface area contributed by atoms with Gasteiger partial charge in [-0.2, -0.15) is 0 Å². The molecule has 1 saturated heterocycles. The van der Waals surface area contributed by atoms with Gasteiger partial charge in [0.1, 0.15) is 6.04 Å². The maximum Gasteiger partial charge on any atom is 0.243 e. The highest BCUT2D eigenvalue weighted by atomic mass is 35.5. The smallest absolute Gasteiger partial charge is 0.243 e. The Labute approximate surface area is 115 Å². The molecule has 106 valence electrons. The lowest BCUT2D eigenvalue weighted by molar-refractivity contribution is -0.138. The SMILES string of the molecule is CCCC(=O)N1CCCC1C(=O)N[C@@H](C)CN.Cl. The average Bonchev–Trinajstić information content (AvgIpc) is 2.78. The van der Waals surface area contributed by atoms with Gasteiger partial charge in [0.15, 0.2) is 0 Å². The van der Waals surface area contributed by atoms with Gasteiger partial charge in [0.2, 0.25) is 11.8 Å². The molecule has 0 radical (unpaired) electrons. The van der Waals surface area contributed by atoms with E-state index in [1.165, 1.54) is 0 Å². The van der Waals surface area contributed by atoms with E-state index in [0.29, 0.717) is 19.5 Å². The first kappa shape index (κ1) is 17.2. The maximum atomic E-state index is 12.0. The molecule has 1 unspecified atom stereocenters. The molecule has 0 aromatic carbocycles. The summed E-state index contributed by atoms with van der Waals surface area (Å²) in [5.74, 6) is 0.0236. The topological polar surface area (TPSA) is 75.4 Å². The molecule has 18 heavy (non-hydrogen) atoms. The Hall–Kier alpha value is -0.810. The highest BCUT2D eigenvalue weighted by Crippen LogP contribution is 2.18. The third-order valence-electron chi connectivity index (χ3n) is 3.08. The Balaban J connectivity index is 0.00000289. The number of carbonyl (C=O) groups is 2. The van der Waals surface area contributed by atoms with E-state index >= 15 is 0 Å². The summed E-state index contributed by atoms with van der Waals surface area (Å²) < 4.78 is 0. The van der Waals surface area contributed by atoms with E-state index in [4.69, 9.17) is 5.73 Å². The first-order valence-electron chi connectivity index (χ1n) is 6.40. The van der Waals surface area contributed by atoms with Crippen molar-refractivity contribution in [1.82, 2.24) is 10.2 Å². The third-order valence-corrected chi connectivity index (χ3v) is 3.08. The summed E-state index contributed by atoms with van der Waals surface area (Å²) in [6, 6.07) is -0.325. The first-order chi connectivity index (χ1) is 8.10. The van der Waals surface area contributed by atoms with E-state index in [-0.39, 0.29) is 36.3 Å². The number of hydrogen-bond acceptors (Lipinski definition) is 3. The van der Waals surface area contributed by atoms with Crippen molar-refractivity contribution in [3.63, 3.8) is 0 Å².